The van der Waals surface area contributed by atoms with Crippen LogP contribution in [0.2, 0.25) is 0 Å². The van der Waals surface area contributed by atoms with Crippen molar-refractivity contribution in [3.8, 4) is 0 Å². The summed E-state index contributed by atoms with van der Waals surface area (Å²) in [5.41, 5.74) is -0.242. The van der Waals surface area contributed by atoms with Crippen LogP contribution in [0, 0.1) is 17.3 Å². The van der Waals surface area contributed by atoms with Crippen LogP contribution in [0.4, 0.5) is 0 Å². The number of piperidine rings is 2. The fourth-order valence-corrected chi connectivity index (χ4v) is 4.02. The molecule has 2 rings (SSSR count). The normalized spacial score (nSPS) is 25.8. The largest absolute Gasteiger partial charge is 0.481 e. The van der Waals surface area contributed by atoms with Crippen molar-refractivity contribution in [3.63, 3.8) is 0 Å². The fraction of sp³-hybridized carbons (Fsp3) is 0.882. The standard InChI is InChI=1S/C17H30N2O3/c1-17(2,3)14(16(21)22)12-7-10-19(11-8-12)15(20)13-6-4-5-9-18-13/h12-14,18H,4-11H2,1-3H3,(H,21,22). The Morgan fingerprint density at radius 1 is 1.14 bits per heavy atom. The molecule has 0 radical (unpaired) electrons. The third kappa shape index (κ3) is 4.00. The molecule has 2 atom stereocenters. The molecule has 2 N–H and O–H groups in total. The maximum atomic E-state index is 12.5. The molecular weight excluding hydrogens is 280 g/mol. The molecule has 2 aliphatic rings. The van der Waals surface area contributed by atoms with Crippen molar-refractivity contribution in [2.24, 2.45) is 17.3 Å². The van der Waals surface area contributed by atoms with E-state index in [9.17, 15) is 14.7 Å². The van der Waals surface area contributed by atoms with E-state index in [0.717, 1.165) is 38.6 Å². The average Bonchev–Trinajstić information content (AvgIpc) is 2.46. The van der Waals surface area contributed by atoms with Gasteiger partial charge in [0.1, 0.15) is 0 Å². The Bertz CT molecular complexity index is 403. The third-order valence-electron chi connectivity index (χ3n) is 5.13. The van der Waals surface area contributed by atoms with E-state index in [1.54, 1.807) is 0 Å². The van der Waals surface area contributed by atoms with Crippen molar-refractivity contribution < 1.29 is 14.7 Å². The number of amides is 1. The van der Waals surface area contributed by atoms with Crippen LogP contribution in [-0.2, 0) is 9.59 Å². The molecule has 0 bridgehead atoms. The highest BCUT2D eigenvalue weighted by molar-refractivity contribution is 5.82. The predicted octanol–water partition coefficient (Wildman–Crippen LogP) is 2.11. The van der Waals surface area contributed by atoms with Crippen LogP contribution in [0.25, 0.3) is 0 Å². The molecule has 2 unspecified atom stereocenters. The van der Waals surface area contributed by atoms with E-state index >= 15 is 0 Å². The summed E-state index contributed by atoms with van der Waals surface area (Å²) in [5.74, 6) is -0.662. The minimum absolute atomic E-state index is 0.0248. The van der Waals surface area contributed by atoms with E-state index in [1.807, 2.05) is 25.7 Å². The predicted molar refractivity (Wildman–Crippen MR) is 85.5 cm³/mol. The van der Waals surface area contributed by atoms with E-state index < -0.39 is 5.97 Å². The van der Waals surface area contributed by atoms with Crippen molar-refractivity contribution in [2.75, 3.05) is 19.6 Å². The number of rotatable bonds is 3. The van der Waals surface area contributed by atoms with Crippen LogP contribution in [0.5, 0.6) is 0 Å². The molecule has 2 fully saturated rings. The summed E-state index contributed by atoms with van der Waals surface area (Å²) >= 11 is 0. The summed E-state index contributed by atoms with van der Waals surface area (Å²) < 4.78 is 0. The van der Waals surface area contributed by atoms with Gasteiger partial charge in [0.25, 0.3) is 0 Å². The molecule has 0 aromatic rings. The zero-order valence-corrected chi connectivity index (χ0v) is 14.1. The first-order valence-corrected chi connectivity index (χ1v) is 8.55. The third-order valence-corrected chi connectivity index (χ3v) is 5.13. The van der Waals surface area contributed by atoms with Gasteiger partial charge in [-0.3, -0.25) is 9.59 Å². The maximum absolute atomic E-state index is 12.5. The first-order chi connectivity index (χ1) is 10.3. The van der Waals surface area contributed by atoms with Crippen LogP contribution in [-0.4, -0.2) is 47.6 Å². The lowest BCUT2D eigenvalue weighted by atomic mass is 9.70. The van der Waals surface area contributed by atoms with Crippen LogP contribution in [0.1, 0.15) is 52.9 Å². The second kappa shape index (κ2) is 6.99. The number of carboxylic acid groups (broad SMARTS) is 1. The van der Waals surface area contributed by atoms with Crippen molar-refractivity contribution in [2.45, 2.75) is 58.9 Å². The van der Waals surface area contributed by atoms with E-state index in [4.69, 9.17) is 0 Å². The van der Waals surface area contributed by atoms with Crippen molar-refractivity contribution in [1.82, 2.24) is 10.2 Å². The number of nitrogens with zero attached hydrogens (tertiary/aromatic N) is 1. The Hall–Kier alpha value is -1.10. The molecule has 2 heterocycles. The highest BCUT2D eigenvalue weighted by atomic mass is 16.4. The average molecular weight is 310 g/mol. The summed E-state index contributed by atoms with van der Waals surface area (Å²) in [6.07, 6.45) is 4.79. The molecule has 0 aromatic carbocycles. The first-order valence-electron chi connectivity index (χ1n) is 8.55. The molecule has 5 nitrogen and oxygen atoms in total. The van der Waals surface area contributed by atoms with Crippen LogP contribution < -0.4 is 5.32 Å². The van der Waals surface area contributed by atoms with Gasteiger partial charge in [0.05, 0.1) is 12.0 Å². The van der Waals surface area contributed by atoms with Crippen molar-refractivity contribution >= 4 is 11.9 Å². The monoisotopic (exact) mass is 310 g/mol. The SMILES string of the molecule is CC(C)(C)C(C(=O)O)C1CCN(C(=O)C2CCCCN2)CC1. The molecule has 0 aromatic heterocycles. The molecule has 2 saturated heterocycles. The van der Waals surface area contributed by atoms with Gasteiger partial charge in [-0.05, 0) is 43.6 Å². The number of carbonyl (C=O) groups is 2. The lowest BCUT2D eigenvalue weighted by Gasteiger charge is -2.40. The zero-order valence-electron chi connectivity index (χ0n) is 14.1. The van der Waals surface area contributed by atoms with Gasteiger partial charge >= 0.3 is 5.97 Å². The van der Waals surface area contributed by atoms with Crippen molar-refractivity contribution in [3.05, 3.63) is 0 Å². The van der Waals surface area contributed by atoms with Crippen molar-refractivity contribution in [1.29, 1.82) is 0 Å². The van der Waals surface area contributed by atoms with Crippen LogP contribution >= 0.6 is 0 Å². The zero-order chi connectivity index (χ0) is 16.3. The van der Waals surface area contributed by atoms with E-state index in [0.29, 0.717) is 13.1 Å². The van der Waals surface area contributed by atoms with E-state index in [-0.39, 0.29) is 29.2 Å². The number of hydrogen-bond acceptors (Lipinski definition) is 3. The molecular formula is C17H30N2O3. The molecule has 0 aliphatic carbocycles. The smallest absolute Gasteiger partial charge is 0.307 e. The summed E-state index contributed by atoms with van der Waals surface area (Å²) in [6.45, 7) is 8.31. The quantitative estimate of drug-likeness (QED) is 0.837. The molecule has 22 heavy (non-hydrogen) atoms. The molecule has 1 amide bonds. The van der Waals surface area contributed by atoms with E-state index in [2.05, 4.69) is 5.32 Å². The maximum Gasteiger partial charge on any atom is 0.307 e. The lowest BCUT2D eigenvalue weighted by Crippen LogP contribution is -2.52. The number of nitrogens with one attached hydrogen (secondary N) is 1. The van der Waals surface area contributed by atoms with Crippen LogP contribution in [0.3, 0.4) is 0 Å². The molecule has 5 heteroatoms. The van der Waals surface area contributed by atoms with Gasteiger partial charge in [-0.2, -0.15) is 0 Å². The lowest BCUT2D eigenvalue weighted by molar-refractivity contribution is -0.149. The highest BCUT2D eigenvalue weighted by Crippen LogP contribution is 2.37. The molecule has 0 saturated carbocycles. The molecule has 126 valence electrons. The van der Waals surface area contributed by atoms with Gasteiger partial charge in [-0.15, -0.1) is 0 Å². The first kappa shape index (κ1) is 17.3. The fourth-order valence-electron chi connectivity index (χ4n) is 4.02. The Labute approximate surface area is 133 Å². The van der Waals surface area contributed by atoms with Gasteiger partial charge in [-0.1, -0.05) is 27.2 Å². The number of carbonyl (C=O) groups excluding carboxylic acids is 1. The number of carboxylic acids is 1. The Morgan fingerprint density at radius 2 is 1.77 bits per heavy atom. The number of hydrogen-bond donors (Lipinski definition) is 2. The summed E-state index contributed by atoms with van der Waals surface area (Å²) in [5, 5.41) is 12.9. The molecule has 0 spiro atoms. The Kier molecular flexibility index (Phi) is 5.48. The summed E-state index contributed by atoms with van der Waals surface area (Å²) in [7, 11) is 0. The number of likely N-dealkylation sites (tertiary alicyclic amines) is 1. The van der Waals surface area contributed by atoms with Gasteiger partial charge in [0, 0.05) is 13.1 Å². The van der Waals surface area contributed by atoms with Gasteiger partial charge in [0.2, 0.25) is 5.91 Å². The summed E-state index contributed by atoms with van der Waals surface area (Å²) in [6, 6.07) is -0.0248. The Balaban J connectivity index is 1.91. The summed E-state index contributed by atoms with van der Waals surface area (Å²) in [4.78, 5) is 26.1. The van der Waals surface area contributed by atoms with Gasteiger partial charge in [-0.25, -0.2) is 0 Å². The second-order valence-corrected chi connectivity index (χ2v) is 7.85. The molecule has 2 aliphatic heterocycles. The minimum atomic E-state index is -0.703. The van der Waals surface area contributed by atoms with E-state index in [1.165, 1.54) is 0 Å². The second-order valence-electron chi connectivity index (χ2n) is 7.85. The highest BCUT2D eigenvalue weighted by Gasteiger charge is 2.40. The van der Waals surface area contributed by atoms with Crippen LogP contribution in [0.15, 0.2) is 0 Å². The Morgan fingerprint density at radius 3 is 2.23 bits per heavy atom. The topological polar surface area (TPSA) is 69.6 Å². The van der Waals surface area contributed by atoms with Gasteiger partial charge < -0.3 is 15.3 Å². The minimum Gasteiger partial charge on any atom is -0.481 e. The number of aliphatic carboxylic acids is 1. The van der Waals surface area contributed by atoms with Gasteiger partial charge in [0.15, 0.2) is 0 Å².